The molecule has 3 rings (SSSR count). The summed E-state index contributed by atoms with van der Waals surface area (Å²) in [6, 6.07) is 7.70. The van der Waals surface area contributed by atoms with E-state index in [0.29, 0.717) is 11.5 Å². The molecular weight excluding hydrogens is 326 g/mol. The Kier molecular flexibility index (Phi) is 5.22. The number of carbonyl (C=O) groups is 2. The first-order chi connectivity index (χ1) is 12.3. The molecule has 140 valence electrons. The van der Waals surface area contributed by atoms with Crippen molar-refractivity contribution >= 4 is 22.7 Å². The number of hydrogen-bond acceptors (Lipinski definition) is 3. The maximum Gasteiger partial charge on any atom is 0.309 e. The molecule has 1 N–H and O–H groups in total. The highest BCUT2D eigenvalue weighted by Crippen LogP contribution is 2.40. The van der Waals surface area contributed by atoms with E-state index in [1.54, 1.807) is 0 Å². The number of nitrogens with one attached hydrogen (secondary N) is 1. The minimum absolute atomic E-state index is 0.0644. The van der Waals surface area contributed by atoms with Crippen molar-refractivity contribution in [1.29, 1.82) is 0 Å². The number of benzene rings is 1. The van der Waals surface area contributed by atoms with Gasteiger partial charge in [-0.3, -0.25) is 9.59 Å². The fraction of sp³-hybridized carbons (Fsp3) is 0.545. The van der Waals surface area contributed by atoms with Crippen LogP contribution in [0.25, 0.3) is 10.9 Å². The van der Waals surface area contributed by atoms with Gasteiger partial charge in [0, 0.05) is 22.2 Å². The predicted octanol–water partition coefficient (Wildman–Crippen LogP) is 5.05. The first kappa shape index (κ1) is 18.7. The maximum atomic E-state index is 12.6. The molecule has 1 heterocycles. The number of aromatic nitrogens is 1. The summed E-state index contributed by atoms with van der Waals surface area (Å²) < 4.78 is 5.39. The molecular formula is C22H29NO3. The third-order valence-electron chi connectivity index (χ3n) is 5.80. The van der Waals surface area contributed by atoms with Crippen LogP contribution in [-0.4, -0.2) is 23.3 Å². The molecule has 4 nitrogen and oxygen atoms in total. The SMILES string of the molecule is Cc1[nH]c2ccccc2c1C(=O)COC(=O)C1CCC(C(C)(C)C)CC1. The zero-order chi connectivity index (χ0) is 18.9. The van der Waals surface area contributed by atoms with E-state index < -0.39 is 0 Å². The number of H-pyrrole nitrogens is 1. The molecule has 0 bridgehead atoms. The molecule has 26 heavy (non-hydrogen) atoms. The summed E-state index contributed by atoms with van der Waals surface area (Å²) in [4.78, 5) is 28.2. The van der Waals surface area contributed by atoms with E-state index in [1.165, 1.54) is 0 Å². The van der Waals surface area contributed by atoms with Gasteiger partial charge in [0.2, 0.25) is 5.78 Å². The first-order valence-corrected chi connectivity index (χ1v) is 9.54. The second-order valence-corrected chi connectivity index (χ2v) is 8.62. The van der Waals surface area contributed by atoms with Crippen LogP contribution in [0.3, 0.4) is 0 Å². The van der Waals surface area contributed by atoms with Crippen molar-refractivity contribution in [2.24, 2.45) is 17.3 Å². The molecule has 1 aliphatic rings. The monoisotopic (exact) mass is 355 g/mol. The molecule has 1 aliphatic carbocycles. The third kappa shape index (κ3) is 3.84. The number of aryl methyl sites for hydroxylation is 1. The van der Waals surface area contributed by atoms with Crippen LogP contribution in [0.4, 0.5) is 0 Å². The molecule has 0 atom stereocenters. The smallest absolute Gasteiger partial charge is 0.309 e. The number of ether oxygens (including phenoxy) is 1. The van der Waals surface area contributed by atoms with Crippen molar-refractivity contribution in [1.82, 2.24) is 4.98 Å². The molecule has 0 radical (unpaired) electrons. The van der Waals surface area contributed by atoms with Crippen LogP contribution in [0.15, 0.2) is 24.3 Å². The molecule has 2 aromatic rings. The highest BCUT2D eigenvalue weighted by atomic mass is 16.5. The lowest BCUT2D eigenvalue weighted by Crippen LogP contribution is -2.30. The van der Waals surface area contributed by atoms with Crippen LogP contribution in [0, 0.1) is 24.2 Å². The third-order valence-corrected chi connectivity index (χ3v) is 5.80. The number of ketones is 1. The lowest BCUT2D eigenvalue weighted by Gasteiger charge is -2.36. The average Bonchev–Trinajstić information content (AvgIpc) is 2.94. The Hall–Kier alpha value is -2.10. The highest BCUT2D eigenvalue weighted by Gasteiger charge is 2.33. The summed E-state index contributed by atoms with van der Waals surface area (Å²) in [5, 5.41) is 0.886. The van der Waals surface area contributed by atoms with E-state index in [2.05, 4.69) is 25.8 Å². The van der Waals surface area contributed by atoms with Gasteiger partial charge in [0.25, 0.3) is 0 Å². The van der Waals surface area contributed by atoms with Crippen molar-refractivity contribution in [2.45, 2.75) is 53.4 Å². The molecule has 1 aromatic carbocycles. The number of hydrogen-bond donors (Lipinski definition) is 1. The molecule has 1 fully saturated rings. The topological polar surface area (TPSA) is 59.2 Å². The van der Waals surface area contributed by atoms with Gasteiger partial charge < -0.3 is 9.72 Å². The minimum Gasteiger partial charge on any atom is -0.457 e. The standard InChI is InChI=1S/C22H29NO3/c1-14-20(17-7-5-6-8-18(17)23-14)19(24)13-26-21(25)15-9-11-16(12-10-15)22(2,3)4/h5-8,15-16,23H,9-13H2,1-4H3. The summed E-state index contributed by atoms with van der Waals surface area (Å²) in [5.74, 6) is 0.229. The number of aromatic amines is 1. The number of para-hydroxylation sites is 1. The Balaban J connectivity index is 1.58. The molecule has 1 saturated carbocycles. The summed E-state index contributed by atoms with van der Waals surface area (Å²) in [5.41, 5.74) is 2.67. The summed E-state index contributed by atoms with van der Waals surface area (Å²) in [6.07, 6.45) is 3.83. The summed E-state index contributed by atoms with van der Waals surface area (Å²) >= 11 is 0. The van der Waals surface area contributed by atoms with Crippen molar-refractivity contribution in [3.63, 3.8) is 0 Å². The van der Waals surface area contributed by atoms with Gasteiger partial charge >= 0.3 is 5.97 Å². The van der Waals surface area contributed by atoms with E-state index in [-0.39, 0.29) is 29.7 Å². The van der Waals surface area contributed by atoms with Gasteiger partial charge in [-0.1, -0.05) is 39.0 Å². The molecule has 0 amide bonds. The number of rotatable bonds is 4. The zero-order valence-corrected chi connectivity index (χ0v) is 16.2. The predicted molar refractivity (Wildman–Crippen MR) is 103 cm³/mol. The second kappa shape index (κ2) is 7.26. The van der Waals surface area contributed by atoms with E-state index in [9.17, 15) is 9.59 Å². The lowest BCUT2D eigenvalue weighted by atomic mass is 9.70. The van der Waals surface area contributed by atoms with Crippen LogP contribution in [0.1, 0.15) is 62.5 Å². The molecule has 0 spiro atoms. The second-order valence-electron chi connectivity index (χ2n) is 8.62. The fourth-order valence-corrected chi connectivity index (χ4v) is 4.16. The van der Waals surface area contributed by atoms with Crippen LogP contribution < -0.4 is 0 Å². The number of fused-ring (bicyclic) bond motifs is 1. The Morgan fingerprint density at radius 3 is 2.42 bits per heavy atom. The van der Waals surface area contributed by atoms with E-state index in [0.717, 1.165) is 42.3 Å². The molecule has 1 aromatic heterocycles. The molecule has 0 saturated heterocycles. The lowest BCUT2D eigenvalue weighted by molar-refractivity contribution is -0.149. The molecule has 4 heteroatoms. The van der Waals surface area contributed by atoms with Crippen LogP contribution >= 0.6 is 0 Å². The van der Waals surface area contributed by atoms with E-state index >= 15 is 0 Å². The largest absolute Gasteiger partial charge is 0.457 e. The van der Waals surface area contributed by atoms with Crippen molar-refractivity contribution in [3.8, 4) is 0 Å². The van der Waals surface area contributed by atoms with Crippen molar-refractivity contribution in [2.75, 3.05) is 6.61 Å². The molecule has 0 aliphatic heterocycles. The summed E-state index contributed by atoms with van der Waals surface area (Å²) in [7, 11) is 0. The highest BCUT2D eigenvalue weighted by molar-refractivity contribution is 6.10. The van der Waals surface area contributed by atoms with Gasteiger partial charge in [0.05, 0.1) is 5.92 Å². The van der Waals surface area contributed by atoms with Gasteiger partial charge in [-0.25, -0.2) is 0 Å². The fourth-order valence-electron chi connectivity index (χ4n) is 4.16. The molecule has 0 unspecified atom stereocenters. The van der Waals surface area contributed by atoms with E-state index in [4.69, 9.17) is 4.74 Å². The van der Waals surface area contributed by atoms with Crippen molar-refractivity contribution < 1.29 is 14.3 Å². The Bertz CT molecular complexity index is 804. The van der Waals surface area contributed by atoms with Crippen molar-refractivity contribution in [3.05, 3.63) is 35.5 Å². The minimum atomic E-state index is -0.219. The zero-order valence-electron chi connectivity index (χ0n) is 16.2. The van der Waals surface area contributed by atoms with Crippen LogP contribution in [-0.2, 0) is 9.53 Å². The average molecular weight is 355 g/mol. The number of esters is 1. The quantitative estimate of drug-likeness (QED) is 0.616. The number of Topliss-reactive ketones (excluding diaryl/α,β-unsaturated/α-hetero) is 1. The Morgan fingerprint density at radius 1 is 1.12 bits per heavy atom. The maximum absolute atomic E-state index is 12.6. The Morgan fingerprint density at radius 2 is 1.77 bits per heavy atom. The van der Waals surface area contributed by atoms with Gasteiger partial charge in [0.1, 0.15) is 0 Å². The Labute approximate surface area is 155 Å². The number of carbonyl (C=O) groups excluding carboxylic acids is 2. The van der Waals surface area contributed by atoms with Gasteiger partial charge in [-0.05, 0) is 50.0 Å². The van der Waals surface area contributed by atoms with Gasteiger partial charge in [-0.15, -0.1) is 0 Å². The van der Waals surface area contributed by atoms with Crippen LogP contribution in [0.5, 0.6) is 0 Å². The van der Waals surface area contributed by atoms with Crippen LogP contribution in [0.2, 0.25) is 0 Å². The van der Waals surface area contributed by atoms with E-state index in [1.807, 2.05) is 31.2 Å². The van der Waals surface area contributed by atoms with Gasteiger partial charge in [-0.2, -0.15) is 0 Å². The summed E-state index contributed by atoms with van der Waals surface area (Å²) in [6.45, 7) is 8.49. The normalized spacial score (nSPS) is 20.9. The first-order valence-electron chi connectivity index (χ1n) is 9.54. The van der Waals surface area contributed by atoms with Gasteiger partial charge in [0.15, 0.2) is 6.61 Å².